The fourth-order valence-corrected chi connectivity index (χ4v) is 1.57. The van der Waals surface area contributed by atoms with Crippen LogP contribution in [0.25, 0.3) is 0 Å². The van der Waals surface area contributed by atoms with Crippen molar-refractivity contribution in [2.24, 2.45) is 0 Å². The molecule has 13 heavy (non-hydrogen) atoms. The van der Waals surface area contributed by atoms with E-state index in [1.807, 2.05) is 31.5 Å². The van der Waals surface area contributed by atoms with E-state index in [1.54, 1.807) is 0 Å². The van der Waals surface area contributed by atoms with Gasteiger partial charge in [-0.15, -0.1) is 0 Å². The van der Waals surface area contributed by atoms with Crippen LogP contribution < -0.4 is 0 Å². The van der Waals surface area contributed by atoms with Crippen molar-refractivity contribution < 1.29 is 5.11 Å². The maximum absolute atomic E-state index is 9.90. The second kappa shape index (κ2) is 2.58. The van der Waals surface area contributed by atoms with E-state index in [9.17, 15) is 5.11 Å². The van der Waals surface area contributed by atoms with Crippen molar-refractivity contribution in [2.45, 2.75) is 45.3 Å². The minimum absolute atomic E-state index is 0.537. The first kappa shape index (κ1) is 8.75. The Morgan fingerprint density at radius 1 is 1.54 bits per heavy atom. The molecule has 1 fully saturated rings. The molecule has 0 atom stereocenters. The van der Waals surface area contributed by atoms with Crippen LogP contribution in [0.3, 0.4) is 0 Å². The summed E-state index contributed by atoms with van der Waals surface area (Å²) in [6.45, 7) is 5.58. The lowest BCUT2D eigenvalue weighted by molar-refractivity contribution is 0.0682. The summed E-state index contributed by atoms with van der Waals surface area (Å²) in [6, 6.07) is 2.51. The average Bonchev–Trinajstić information content (AvgIpc) is 2.73. The van der Waals surface area contributed by atoms with E-state index in [1.165, 1.54) is 12.8 Å². The summed E-state index contributed by atoms with van der Waals surface area (Å²) >= 11 is 0. The monoisotopic (exact) mass is 180 g/mol. The van der Waals surface area contributed by atoms with E-state index in [-0.39, 0.29) is 0 Å². The van der Waals surface area contributed by atoms with Gasteiger partial charge >= 0.3 is 0 Å². The van der Waals surface area contributed by atoms with Gasteiger partial charge in [-0.1, -0.05) is 0 Å². The minimum Gasteiger partial charge on any atom is -0.384 e. The molecule has 3 nitrogen and oxygen atoms in total. The molecule has 1 N–H and O–H groups in total. The summed E-state index contributed by atoms with van der Waals surface area (Å²) in [5.74, 6) is 0. The maximum Gasteiger partial charge on any atom is 0.101 e. The Balaban J connectivity index is 2.42. The van der Waals surface area contributed by atoms with Crippen LogP contribution in [0.4, 0.5) is 0 Å². The third-order valence-electron chi connectivity index (χ3n) is 2.38. The number of rotatable bonds is 2. The fraction of sp³-hybridized carbons (Fsp3) is 0.700. The lowest BCUT2D eigenvalue weighted by Crippen LogP contribution is -2.20. The molecule has 3 heteroatoms. The summed E-state index contributed by atoms with van der Waals surface area (Å²) in [4.78, 5) is 0. The predicted molar refractivity (Wildman–Crippen MR) is 50.5 cm³/mol. The number of hydrogen-bond acceptors (Lipinski definition) is 2. The highest BCUT2D eigenvalue weighted by Crippen LogP contribution is 2.37. The van der Waals surface area contributed by atoms with Gasteiger partial charge in [0.1, 0.15) is 5.60 Å². The summed E-state index contributed by atoms with van der Waals surface area (Å²) in [6.07, 6.45) is 2.40. The van der Waals surface area contributed by atoms with E-state index in [2.05, 4.69) is 5.10 Å². The molecule has 1 saturated carbocycles. The number of aromatic nitrogens is 2. The SMILES string of the molecule is Cc1cc(C(C)(C)O)n(C2CC2)n1. The van der Waals surface area contributed by atoms with Crippen molar-refractivity contribution in [3.05, 3.63) is 17.5 Å². The third kappa shape index (κ3) is 1.61. The van der Waals surface area contributed by atoms with E-state index < -0.39 is 5.60 Å². The fourth-order valence-electron chi connectivity index (χ4n) is 1.57. The van der Waals surface area contributed by atoms with Crippen LogP contribution in [0.2, 0.25) is 0 Å². The molecule has 0 unspecified atom stereocenters. The van der Waals surface area contributed by atoms with E-state index >= 15 is 0 Å². The van der Waals surface area contributed by atoms with Crippen LogP contribution in [0.15, 0.2) is 6.07 Å². The molecular weight excluding hydrogens is 164 g/mol. The van der Waals surface area contributed by atoms with Crippen LogP contribution in [0.1, 0.15) is 44.1 Å². The summed E-state index contributed by atoms with van der Waals surface area (Å²) in [5.41, 5.74) is 1.15. The van der Waals surface area contributed by atoms with Gasteiger partial charge in [0, 0.05) is 0 Å². The van der Waals surface area contributed by atoms with Crippen molar-refractivity contribution in [3.8, 4) is 0 Å². The quantitative estimate of drug-likeness (QED) is 0.753. The minimum atomic E-state index is -0.774. The van der Waals surface area contributed by atoms with E-state index in [0.717, 1.165) is 11.4 Å². The van der Waals surface area contributed by atoms with Crippen molar-refractivity contribution in [1.82, 2.24) is 9.78 Å². The Morgan fingerprint density at radius 3 is 2.62 bits per heavy atom. The van der Waals surface area contributed by atoms with E-state index in [0.29, 0.717) is 6.04 Å². The van der Waals surface area contributed by atoms with Crippen molar-refractivity contribution in [3.63, 3.8) is 0 Å². The van der Waals surface area contributed by atoms with Gasteiger partial charge in [0.25, 0.3) is 0 Å². The van der Waals surface area contributed by atoms with Crippen molar-refractivity contribution >= 4 is 0 Å². The molecule has 0 spiro atoms. The predicted octanol–water partition coefficient (Wildman–Crippen LogP) is 1.75. The molecule has 1 aliphatic rings. The molecule has 1 heterocycles. The van der Waals surface area contributed by atoms with Crippen molar-refractivity contribution in [1.29, 1.82) is 0 Å². The normalized spacial score (nSPS) is 17.8. The van der Waals surface area contributed by atoms with Crippen LogP contribution in [-0.4, -0.2) is 14.9 Å². The average molecular weight is 180 g/mol. The molecule has 0 bridgehead atoms. The second-order valence-corrected chi connectivity index (χ2v) is 4.41. The van der Waals surface area contributed by atoms with E-state index in [4.69, 9.17) is 0 Å². The topological polar surface area (TPSA) is 38.0 Å². The molecule has 0 aliphatic heterocycles. The van der Waals surface area contributed by atoms with Crippen LogP contribution in [-0.2, 0) is 5.60 Å². The zero-order valence-corrected chi connectivity index (χ0v) is 8.41. The Morgan fingerprint density at radius 2 is 2.15 bits per heavy atom. The first-order chi connectivity index (χ1) is 5.98. The van der Waals surface area contributed by atoms with Crippen LogP contribution in [0.5, 0.6) is 0 Å². The van der Waals surface area contributed by atoms with Gasteiger partial charge in [-0.05, 0) is 39.7 Å². The van der Waals surface area contributed by atoms with Gasteiger partial charge in [-0.25, -0.2) is 0 Å². The molecule has 1 aromatic rings. The Labute approximate surface area is 78.4 Å². The van der Waals surface area contributed by atoms with Gasteiger partial charge in [0.05, 0.1) is 17.4 Å². The Kier molecular flexibility index (Phi) is 1.74. The maximum atomic E-state index is 9.90. The van der Waals surface area contributed by atoms with Crippen LogP contribution in [0, 0.1) is 6.92 Å². The highest BCUT2D eigenvalue weighted by Gasteiger charge is 2.31. The third-order valence-corrected chi connectivity index (χ3v) is 2.38. The first-order valence-electron chi connectivity index (χ1n) is 4.77. The lowest BCUT2D eigenvalue weighted by atomic mass is 10.1. The molecule has 1 aliphatic carbocycles. The highest BCUT2D eigenvalue weighted by atomic mass is 16.3. The molecule has 0 aromatic carbocycles. The smallest absolute Gasteiger partial charge is 0.101 e. The Bertz CT molecular complexity index is 318. The number of nitrogens with zero attached hydrogens (tertiary/aromatic N) is 2. The zero-order valence-electron chi connectivity index (χ0n) is 8.41. The summed E-state index contributed by atoms with van der Waals surface area (Å²) in [5, 5.41) is 14.3. The van der Waals surface area contributed by atoms with Gasteiger partial charge in [0.15, 0.2) is 0 Å². The first-order valence-corrected chi connectivity index (χ1v) is 4.77. The second-order valence-electron chi connectivity index (χ2n) is 4.41. The van der Waals surface area contributed by atoms with Crippen molar-refractivity contribution in [2.75, 3.05) is 0 Å². The molecule has 0 amide bonds. The standard InChI is InChI=1S/C10H16N2O/c1-7-6-9(10(2,3)13)12(11-7)8-4-5-8/h6,8,13H,4-5H2,1-3H3. The molecule has 2 rings (SSSR count). The lowest BCUT2D eigenvalue weighted by Gasteiger charge is -2.18. The number of aryl methyl sites for hydroxylation is 1. The largest absolute Gasteiger partial charge is 0.384 e. The molecule has 72 valence electrons. The molecule has 1 aromatic heterocycles. The summed E-state index contributed by atoms with van der Waals surface area (Å²) < 4.78 is 1.98. The van der Waals surface area contributed by atoms with Gasteiger partial charge < -0.3 is 5.11 Å². The number of aliphatic hydroxyl groups is 1. The molecule has 0 saturated heterocycles. The number of hydrogen-bond donors (Lipinski definition) is 1. The van der Waals surface area contributed by atoms with Gasteiger partial charge in [0.2, 0.25) is 0 Å². The highest BCUT2D eigenvalue weighted by molar-refractivity contribution is 5.16. The van der Waals surface area contributed by atoms with Gasteiger partial charge in [-0.3, -0.25) is 4.68 Å². The van der Waals surface area contributed by atoms with Gasteiger partial charge in [-0.2, -0.15) is 5.10 Å². The molecular formula is C10H16N2O. The molecule has 0 radical (unpaired) electrons. The Hall–Kier alpha value is -0.830. The zero-order chi connectivity index (χ0) is 9.64. The van der Waals surface area contributed by atoms with Crippen LogP contribution >= 0.6 is 0 Å². The summed E-state index contributed by atoms with van der Waals surface area (Å²) in [7, 11) is 0.